The zero-order valence-electron chi connectivity index (χ0n) is 14.9. The highest BCUT2D eigenvalue weighted by atomic mass is 35.5. The zero-order chi connectivity index (χ0) is 17.3. The van der Waals surface area contributed by atoms with E-state index in [1.54, 1.807) is 0 Å². The van der Waals surface area contributed by atoms with Crippen LogP contribution in [0.2, 0.25) is 0 Å². The van der Waals surface area contributed by atoms with E-state index in [1.165, 1.54) is 12.8 Å². The first-order valence-corrected chi connectivity index (χ1v) is 9.07. The van der Waals surface area contributed by atoms with E-state index in [4.69, 9.17) is 4.74 Å². The van der Waals surface area contributed by atoms with Crippen LogP contribution in [0.3, 0.4) is 0 Å². The summed E-state index contributed by atoms with van der Waals surface area (Å²) in [7, 11) is 0. The van der Waals surface area contributed by atoms with Gasteiger partial charge in [0.25, 0.3) is 0 Å². The molecule has 3 rings (SSSR count). The van der Waals surface area contributed by atoms with Crippen LogP contribution in [-0.4, -0.2) is 19.0 Å². The van der Waals surface area contributed by atoms with Crippen LogP contribution in [0, 0.1) is 5.92 Å². The fraction of sp³-hybridized carbons (Fsp3) is 0.381. The largest absolute Gasteiger partial charge is 0.489 e. The number of hydrogen-bond acceptors (Lipinski definition) is 3. The molecule has 0 unspecified atom stereocenters. The number of amides is 1. The molecule has 0 aromatic heterocycles. The molecule has 1 fully saturated rings. The molecule has 0 atom stereocenters. The van der Waals surface area contributed by atoms with Crippen molar-refractivity contribution in [1.29, 1.82) is 0 Å². The first-order valence-electron chi connectivity index (χ1n) is 9.07. The minimum atomic E-state index is 0. The van der Waals surface area contributed by atoms with Gasteiger partial charge in [0.1, 0.15) is 12.4 Å². The van der Waals surface area contributed by atoms with Gasteiger partial charge in [0, 0.05) is 17.7 Å². The summed E-state index contributed by atoms with van der Waals surface area (Å²) < 4.78 is 5.81. The molecule has 1 aliphatic heterocycles. The predicted octanol–water partition coefficient (Wildman–Crippen LogP) is 4.41. The quantitative estimate of drug-likeness (QED) is 0.754. The molecule has 1 aliphatic rings. The van der Waals surface area contributed by atoms with Gasteiger partial charge in [0.15, 0.2) is 0 Å². The number of piperidine rings is 1. The summed E-state index contributed by atoms with van der Waals surface area (Å²) in [4.78, 5) is 12.3. The lowest BCUT2D eigenvalue weighted by atomic mass is 9.93. The van der Waals surface area contributed by atoms with Crippen LogP contribution in [0.5, 0.6) is 5.75 Å². The Kier molecular flexibility index (Phi) is 8.45. The highest BCUT2D eigenvalue weighted by Crippen LogP contribution is 2.21. The average molecular weight is 375 g/mol. The number of anilines is 1. The van der Waals surface area contributed by atoms with Crippen molar-refractivity contribution in [2.24, 2.45) is 5.92 Å². The second-order valence-corrected chi connectivity index (χ2v) is 6.54. The zero-order valence-corrected chi connectivity index (χ0v) is 15.8. The summed E-state index contributed by atoms with van der Waals surface area (Å²) in [5.41, 5.74) is 1.83. The SMILES string of the molecule is Cl.O=C(CCC1CCNCC1)Nc1ccccc1COc1ccccc1. The first-order chi connectivity index (χ1) is 12.3. The summed E-state index contributed by atoms with van der Waals surface area (Å²) >= 11 is 0. The van der Waals surface area contributed by atoms with Crippen molar-refractivity contribution in [2.75, 3.05) is 18.4 Å². The van der Waals surface area contributed by atoms with Gasteiger partial charge < -0.3 is 15.4 Å². The topological polar surface area (TPSA) is 50.4 Å². The fourth-order valence-corrected chi connectivity index (χ4v) is 3.16. The number of nitrogens with one attached hydrogen (secondary N) is 2. The standard InChI is InChI=1S/C21H26N2O2.ClH/c24-21(11-10-17-12-14-22-15-13-17)23-20-9-5-4-6-18(20)16-25-19-7-2-1-3-8-19;/h1-9,17,22H,10-16H2,(H,23,24);1H. The number of rotatable bonds is 7. The summed E-state index contributed by atoms with van der Waals surface area (Å²) in [6, 6.07) is 17.6. The van der Waals surface area contributed by atoms with E-state index in [2.05, 4.69) is 10.6 Å². The molecule has 0 radical (unpaired) electrons. The van der Waals surface area contributed by atoms with Crippen molar-refractivity contribution < 1.29 is 9.53 Å². The van der Waals surface area contributed by atoms with Crippen LogP contribution in [0.15, 0.2) is 54.6 Å². The molecule has 1 heterocycles. The Morgan fingerprint density at radius 1 is 1.04 bits per heavy atom. The second-order valence-electron chi connectivity index (χ2n) is 6.54. The van der Waals surface area contributed by atoms with Crippen LogP contribution in [0.4, 0.5) is 5.69 Å². The van der Waals surface area contributed by atoms with Gasteiger partial charge in [-0.1, -0.05) is 36.4 Å². The van der Waals surface area contributed by atoms with Gasteiger partial charge in [0.2, 0.25) is 5.91 Å². The molecule has 0 aliphatic carbocycles. The first kappa shape index (κ1) is 20.3. The van der Waals surface area contributed by atoms with Gasteiger partial charge in [-0.25, -0.2) is 0 Å². The van der Waals surface area contributed by atoms with E-state index in [1.807, 2.05) is 54.6 Å². The number of hydrogen-bond donors (Lipinski definition) is 2. The summed E-state index contributed by atoms with van der Waals surface area (Å²) in [6.45, 7) is 2.59. The molecule has 2 aromatic rings. The third-order valence-corrected chi connectivity index (χ3v) is 4.67. The maximum absolute atomic E-state index is 12.3. The molecule has 2 aromatic carbocycles. The minimum absolute atomic E-state index is 0. The van der Waals surface area contributed by atoms with Crippen LogP contribution >= 0.6 is 12.4 Å². The van der Waals surface area contributed by atoms with Crippen molar-refractivity contribution in [3.63, 3.8) is 0 Å². The van der Waals surface area contributed by atoms with Crippen LogP contribution in [0.25, 0.3) is 0 Å². The molecular weight excluding hydrogens is 348 g/mol. The molecule has 0 spiro atoms. The van der Waals surface area contributed by atoms with Crippen molar-refractivity contribution in [2.45, 2.75) is 32.3 Å². The lowest BCUT2D eigenvalue weighted by molar-refractivity contribution is -0.116. The molecular formula is C21H27ClN2O2. The Hall–Kier alpha value is -2.04. The maximum Gasteiger partial charge on any atom is 0.224 e. The van der Waals surface area contributed by atoms with Gasteiger partial charge in [-0.2, -0.15) is 0 Å². The van der Waals surface area contributed by atoms with Gasteiger partial charge in [-0.05, 0) is 56.5 Å². The third kappa shape index (κ3) is 6.36. The normalized spacial score (nSPS) is 14.3. The lowest BCUT2D eigenvalue weighted by Crippen LogP contribution is -2.28. The van der Waals surface area contributed by atoms with Gasteiger partial charge in [-0.15, -0.1) is 12.4 Å². The molecule has 0 saturated carbocycles. The van der Waals surface area contributed by atoms with Gasteiger partial charge in [0.05, 0.1) is 0 Å². The molecule has 0 bridgehead atoms. The highest BCUT2D eigenvalue weighted by molar-refractivity contribution is 5.91. The molecule has 5 heteroatoms. The number of carbonyl (C=O) groups excluding carboxylic acids is 1. The van der Waals surface area contributed by atoms with Gasteiger partial charge >= 0.3 is 0 Å². The maximum atomic E-state index is 12.3. The predicted molar refractivity (Wildman–Crippen MR) is 108 cm³/mol. The number of para-hydroxylation sites is 2. The van der Waals surface area contributed by atoms with E-state index in [9.17, 15) is 4.79 Å². The Bertz CT molecular complexity index is 673. The average Bonchev–Trinajstić information content (AvgIpc) is 2.67. The van der Waals surface area contributed by atoms with Crippen LogP contribution in [0.1, 0.15) is 31.2 Å². The Labute approximate surface area is 161 Å². The molecule has 140 valence electrons. The van der Waals surface area contributed by atoms with E-state index < -0.39 is 0 Å². The van der Waals surface area contributed by atoms with Crippen molar-refractivity contribution in [3.8, 4) is 5.75 Å². The van der Waals surface area contributed by atoms with Crippen molar-refractivity contribution in [1.82, 2.24) is 5.32 Å². The molecule has 1 amide bonds. The number of halogens is 1. The van der Waals surface area contributed by atoms with E-state index in [0.29, 0.717) is 18.9 Å². The third-order valence-electron chi connectivity index (χ3n) is 4.67. The van der Waals surface area contributed by atoms with E-state index >= 15 is 0 Å². The molecule has 2 N–H and O–H groups in total. The molecule has 26 heavy (non-hydrogen) atoms. The molecule has 4 nitrogen and oxygen atoms in total. The van der Waals surface area contributed by atoms with Gasteiger partial charge in [-0.3, -0.25) is 4.79 Å². The smallest absolute Gasteiger partial charge is 0.224 e. The summed E-state index contributed by atoms with van der Waals surface area (Å²) in [5, 5.41) is 6.41. The minimum Gasteiger partial charge on any atom is -0.489 e. The summed E-state index contributed by atoms with van der Waals surface area (Å²) in [5.74, 6) is 1.59. The Morgan fingerprint density at radius 3 is 2.50 bits per heavy atom. The van der Waals surface area contributed by atoms with Crippen molar-refractivity contribution in [3.05, 3.63) is 60.2 Å². The number of benzene rings is 2. The number of carbonyl (C=O) groups is 1. The van der Waals surface area contributed by atoms with Crippen molar-refractivity contribution >= 4 is 24.0 Å². The monoisotopic (exact) mass is 374 g/mol. The fourth-order valence-electron chi connectivity index (χ4n) is 3.16. The summed E-state index contributed by atoms with van der Waals surface area (Å²) in [6.07, 6.45) is 3.90. The highest BCUT2D eigenvalue weighted by Gasteiger charge is 2.15. The van der Waals surface area contributed by atoms with Crippen LogP contribution < -0.4 is 15.4 Å². The molecule has 1 saturated heterocycles. The lowest BCUT2D eigenvalue weighted by Gasteiger charge is -2.22. The van der Waals surface area contributed by atoms with E-state index in [-0.39, 0.29) is 18.3 Å². The van der Waals surface area contributed by atoms with E-state index in [0.717, 1.165) is 36.5 Å². The van der Waals surface area contributed by atoms with Crippen LogP contribution in [-0.2, 0) is 11.4 Å². The number of ether oxygens (including phenoxy) is 1. The Morgan fingerprint density at radius 2 is 1.73 bits per heavy atom. The second kappa shape index (κ2) is 10.8. The Balaban J connectivity index is 0.00000243.